The molecule has 0 aliphatic heterocycles. The van der Waals surface area contributed by atoms with Crippen molar-refractivity contribution >= 4 is 56.0 Å². The van der Waals surface area contributed by atoms with E-state index in [0.717, 1.165) is 21.5 Å². The van der Waals surface area contributed by atoms with E-state index >= 15 is 0 Å². The molecule has 0 N–H and O–H groups in total. The highest BCUT2D eigenvalue weighted by Crippen LogP contribution is 2.35. The fraction of sp³-hybridized carbons (Fsp3) is 0.357. The van der Waals surface area contributed by atoms with Crippen molar-refractivity contribution in [3.05, 3.63) is 41.1 Å². The summed E-state index contributed by atoms with van der Waals surface area (Å²) >= 11 is 12.4. The normalized spacial score (nSPS) is 15.1. The molecule has 0 spiro atoms. The molecule has 19 heavy (non-hydrogen) atoms. The molecule has 2 heterocycles. The van der Waals surface area contributed by atoms with Crippen LogP contribution < -0.4 is 0 Å². The molecule has 0 saturated heterocycles. The molecule has 0 radical (unpaired) electrons. The minimum absolute atomic E-state index is 0.107. The predicted octanol–water partition coefficient (Wildman–Crippen LogP) is 5.73. The zero-order valence-electron chi connectivity index (χ0n) is 10.2. The average Bonchev–Trinajstić information content (AvgIpc) is 2.87. The molecule has 1 aliphatic carbocycles. The molecule has 0 bridgehead atoms. The van der Waals surface area contributed by atoms with E-state index in [2.05, 4.69) is 22.0 Å². The first-order chi connectivity index (χ1) is 9.15. The van der Waals surface area contributed by atoms with Gasteiger partial charge in [0.2, 0.25) is 5.78 Å². The number of thiophene rings is 2. The van der Waals surface area contributed by atoms with Crippen LogP contribution in [0.25, 0.3) is 0 Å². The van der Waals surface area contributed by atoms with Crippen molar-refractivity contribution in [1.29, 1.82) is 0 Å². The van der Waals surface area contributed by atoms with Crippen molar-refractivity contribution in [2.75, 3.05) is 0 Å². The molecule has 2 aromatic heterocycles. The summed E-state index contributed by atoms with van der Waals surface area (Å²) in [5, 5.41) is 0.617. The van der Waals surface area contributed by atoms with E-state index in [9.17, 15) is 4.79 Å². The fourth-order valence-electron chi connectivity index (χ4n) is 2.36. The van der Waals surface area contributed by atoms with Gasteiger partial charge in [-0.25, -0.2) is 0 Å². The zero-order valence-corrected chi connectivity index (χ0v) is 14.1. The second kappa shape index (κ2) is 5.68. The van der Waals surface area contributed by atoms with Crippen LogP contribution in [-0.2, 0) is 12.8 Å². The van der Waals surface area contributed by atoms with E-state index in [1.54, 1.807) is 17.4 Å². The summed E-state index contributed by atoms with van der Waals surface area (Å²) in [6, 6.07) is 3.85. The van der Waals surface area contributed by atoms with Crippen LogP contribution in [0.2, 0.25) is 5.02 Å². The lowest BCUT2D eigenvalue weighted by Crippen LogP contribution is -1.94. The van der Waals surface area contributed by atoms with Crippen molar-refractivity contribution < 1.29 is 4.79 Å². The highest BCUT2D eigenvalue weighted by Gasteiger charge is 2.19. The van der Waals surface area contributed by atoms with Crippen molar-refractivity contribution in [3.63, 3.8) is 0 Å². The van der Waals surface area contributed by atoms with Gasteiger partial charge in [0.25, 0.3) is 0 Å². The van der Waals surface area contributed by atoms with Gasteiger partial charge in [-0.05, 0) is 59.3 Å². The molecular weight excluding hydrogens is 364 g/mol. The Labute approximate surface area is 133 Å². The fourth-order valence-corrected chi connectivity index (χ4v) is 5.29. The van der Waals surface area contributed by atoms with Gasteiger partial charge < -0.3 is 0 Å². The van der Waals surface area contributed by atoms with Crippen LogP contribution in [0.5, 0.6) is 0 Å². The molecule has 5 heteroatoms. The van der Waals surface area contributed by atoms with E-state index < -0.39 is 0 Å². The molecule has 3 rings (SSSR count). The SMILES string of the molecule is O=C(c1cc(Cl)c(Br)s1)c1cc2c(s1)CCCCC2. The first kappa shape index (κ1) is 13.8. The summed E-state index contributed by atoms with van der Waals surface area (Å²) in [6.07, 6.45) is 6.04. The highest BCUT2D eigenvalue weighted by atomic mass is 79.9. The van der Waals surface area contributed by atoms with E-state index in [4.69, 9.17) is 11.6 Å². The van der Waals surface area contributed by atoms with Crippen molar-refractivity contribution in [2.24, 2.45) is 0 Å². The van der Waals surface area contributed by atoms with Crippen LogP contribution in [0.4, 0.5) is 0 Å². The Hall–Kier alpha value is -0.160. The minimum Gasteiger partial charge on any atom is -0.287 e. The Kier molecular flexibility index (Phi) is 4.13. The maximum Gasteiger partial charge on any atom is 0.212 e. The third kappa shape index (κ3) is 2.82. The molecule has 0 atom stereocenters. The number of halogens is 2. The Balaban J connectivity index is 1.92. The molecule has 1 nitrogen and oxygen atoms in total. The summed E-state index contributed by atoms with van der Waals surface area (Å²) < 4.78 is 0.829. The number of hydrogen-bond donors (Lipinski definition) is 0. The first-order valence-electron chi connectivity index (χ1n) is 6.26. The minimum atomic E-state index is 0.107. The number of ketones is 1. The summed E-state index contributed by atoms with van der Waals surface area (Å²) in [6.45, 7) is 0. The molecule has 100 valence electrons. The molecular formula is C14H12BrClOS2. The molecule has 0 amide bonds. The van der Waals surface area contributed by atoms with Crippen LogP contribution in [-0.4, -0.2) is 5.78 Å². The highest BCUT2D eigenvalue weighted by molar-refractivity contribution is 9.11. The van der Waals surface area contributed by atoms with Gasteiger partial charge in [0.15, 0.2) is 0 Å². The Morgan fingerprint density at radius 2 is 1.84 bits per heavy atom. The van der Waals surface area contributed by atoms with Gasteiger partial charge in [0.05, 0.1) is 18.6 Å². The van der Waals surface area contributed by atoms with Crippen LogP contribution in [0.3, 0.4) is 0 Å². The first-order valence-corrected chi connectivity index (χ1v) is 9.06. The van der Waals surface area contributed by atoms with Gasteiger partial charge in [-0.15, -0.1) is 22.7 Å². The zero-order chi connectivity index (χ0) is 13.4. The van der Waals surface area contributed by atoms with Gasteiger partial charge >= 0.3 is 0 Å². The molecule has 0 fully saturated rings. The lowest BCUT2D eigenvalue weighted by atomic mass is 10.1. The van der Waals surface area contributed by atoms with Gasteiger partial charge in [-0.3, -0.25) is 4.79 Å². The number of aryl methyl sites for hydroxylation is 2. The number of fused-ring (bicyclic) bond motifs is 1. The van der Waals surface area contributed by atoms with Crippen LogP contribution in [0.15, 0.2) is 15.9 Å². The maximum absolute atomic E-state index is 12.5. The Bertz CT molecular complexity index is 586. The van der Waals surface area contributed by atoms with Crippen molar-refractivity contribution in [2.45, 2.75) is 32.1 Å². The number of hydrogen-bond acceptors (Lipinski definition) is 3. The van der Waals surface area contributed by atoms with Crippen LogP contribution >= 0.6 is 50.2 Å². The van der Waals surface area contributed by atoms with E-state index in [0.29, 0.717) is 9.90 Å². The maximum atomic E-state index is 12.5. The summed E-state index contributed by atoms with van der Waals surface area (Å²) in [5.41, 5.74) is 1.38. The smallest absolute Gasteiger partial charge is 0.212 e. The van der Waals surface area contributed by atoms with Gasteiger partial charge in [0.1, 0.15) is 0 Å². The monoisotopic (exact) mass is 374 g/mol. The largest absolute Gasteiger partial charge is 0.287 e. The Morgan fingerprint density at radius 1 is 1.11 bits per heavy atom. The molecule has 0 aromatic carbocycles. The lowest BCUT2D eigenvalue weighted by Gasteiger charge is -1.93. The van der Waals surface area contributed by atoms with Crippen molar-refractivity contribution in [1.82, 2.24) is 0 Å². The second-order valence-electron chi connectivity index (χ2n) is 4.68. The third-order valence-electron chi connectivity index (χ3n) is 3.34. The van der Waals surface area contributed by atoms with Gasteiger partial charge in [0, 0.05) is 4.88 Å². The predicted molar refractivity (Wildman–Crippen MR) is 86.0 cm³/mol. The Morgan fingerprint density at radius 3 is 2.58 bits per heavy atom. The number of carbonyl (C=O) groups is 1. The van der Waals surface area contributed by atoms with E-state index in [-0.39, 0.29) is 5.78 Å². The number of rotatable bonds is 2. The summed E-state index contributed by atoms with van der Waals surface area (Å²) in [4.78, 5) is 15.4. The van der Waals surface area contributed by atoms with Crippen LogP contribution in [0.1, 0.15) is 44.3 Å². The van der Waals surface area contributed by atoms with E-state index in [1.807, 2.05) is 0 Å². The van der Waals surface area contributed by atoms with Gasteiger partial charge in [-0.1, -0.05) is 18.0 Å². The molecule has 2 aromatic rings. The second-order valence-corrected chi connectivity index (χ2v) is 8.60. The molecule has 0 unspecified atom stereocenters. The van der Waals surface area contributed by atoms with Crippen LogP contribution in [0, 0.1) is 0 Å². The van der Waals surface area contributed by atoms with E-state index in [1.165, 1.54) is 41.0 Å². The standard InChI is InChI=1S/C14H12BrClOS2/c15-14-9(16)7-12(19-14)13(17)11-6-8-4-2-1-3-5-10(8)18-11/h6-7H,1-5H2. The molecule has 1 aliphatic rings. The third-order valence-corrected chi connectivity index (χ3v) is 7.05. The van der Waals surface area contributed by atoms with Gasteiger partial charge in [-0.2, -0.15) is 0 Å². The summed E-state index contributed by atoms with van der Waals surface area (Å²) in [5.74, 6) is 0.107. The summed E-state index contributed by atoms with van der Waals surface area (Å²) in [7, 11) is 0. The molecule has 0 saturated carbocycles. The lowest BCUT2D eigenvalue weighted by molar-refractivity contribution is 0.104. The van der Waals surface area contributed by atoms with Crippen molar-refractivity contribution in [3.8, 4) is 0 Å². The quantitative estimate of drug-likeness (QED) is 0.484. The average molecular weight is 376 g/mol. The number of carbonyl (C=O) groups excluding carboxylic acids is 1. The topological polar surface area (TPSA) is 17.1 Å².